The Labute approximate surface area is 210 Å². The summed E-state index contributed by atoms with van der Waals surface area (Å²) in [6, 6.07) is 19.8. The second-order valence-corrected chi connectivity index (χ2v) is 10.5. The molecule has 3 aromatic rings. The number of allylic oxidation sites excluding steroid dienone is 6. The lowest BCUT2D eigenvalue weighted by Gasteiger charge is -2.38. The molecule has 0 aromatic heterocycles. The SMILES string of the molecule is CC.Cc1ccc2c(c1C13CC14CCCCC4=CC=C3Oc1ccc3ccccc3c1)CC=CC2. The predicted octanol–water partition coefficient (Wildman–Crippen LogP) is 8.93. The van der Waals surface area contributed by atoms with Crippen molar-refractivity contribution in [1.29, 1.82) is 0 Å². The number of fused-ring (bicyclic) bond motifs is 2. The Morgan fingerprint density at radius 2 is 1.66 bits per heavy atom. The van der Waals surface area contributed by atoms with Gasteiger partial charge in [-0.1, -0.05) is 86.5 Å². The van der Waals surface area contributed by atoms with Crippen LogP contribution in [0.4, 0.5) is 0 Å². The van der Waals surface area contributed by atoms with Crippen molar-refractivity contribution in [3.05, 3.63) is 112 Å². The molecule has 4 aliphatic rings. The van der Waals surface area contributed by atoms with Crippen LogP contribution in [-0.4, -0.2) is 0 Å². The van der Waals surface area contributed by atoms with Gasteiger partial charge in [-0.2, -0.15) is 0 Å². The van der Waals surface area contributed by atoms with Gasteiger partial charge in [0.1, 0.15) is 11.5 Å². The van der Waals surface area contributed by atoms with E-state index in [1.54, 1.807) is 16.7 Å². The molecule has 2 fully saturated rings. The molecule has 35 heavy (non-hydrogen) atoms. The average molecular weight is 461 g/mol. The second-order valence-electron chi connectivity index (χ2n) is 10.5. The third kappa shape index (κ3) is 3.28. The number of rotatable bonds is 3. The van der Waals surface area contributed by atoms with Crippen molar-refractivity contribution in [2.24, 2.45) is 5.41 Å². The van der Waals surface area contributed by atoms with Crippen molar-refractivity contribution in [3.8, 4) is 5.75 Å². The monoisotopic (exact) mass is 460 g/mol. The Balaban J connectivity index is 0.00000112. The van der Waals surface area contributed by atoms with E-state index < -0.39 is 0 Å². The lowest BCUT2D eigenvalue weighted by Crippen LogP contribution is -2.32. The molecule has 0 radical (unpaired) electrons. The standard InChI is InChI=1S/C32H30O.C2H6/c1-22-13-14-24-9-4-5-12-28(24)30(22)32-21-31(32)19-7-6-11-26(31)16-18-29(32)33-27-17-15-23-8-2-3-10-25(23)20-27;1-2/h2-5,8,10,13-18,20H,6-7,9,11-12,19,21H2,1H3;1-2H3. The van der Waals surface area contributed by atoms with Gasteiger partial charge in [0.15, 0.2) is 0 Å². The Bertz CT molecular complexity index is 1390. The summed E-state index contributed by atoms with van der Waals surface area (Å²) in [7, 11) is 0. The fourth-order valence-corrected chi connectivity index (χ4v) is 7.29. The number of benzene rings is 3. The quantitative estimate of drug-likeness (QED) is 0.354. The molecule has 2 unspecified atom stereocenters. The van der Waals surface area contributed by atoms with Crippen molar-refractivity contribution >= 4 is 10.8 Å². The molecule has 0 N–H and O–H groups in total. The third-order valence-corrected chi connectivity index (χ3v) is 8.85. The Kier molecular flexibility index (Phi) is 5.48. The maximum atomic E-state index is 6.86. The van der Waals surface area contributed by atoms with Gasteiger partial charge in [0.25, 0.3) is 0 Å². The summed E-state index contributed by atoms with van der Waals surface area (Å²) in [5, 5.41) is 2.49. The Hall–Kier alpha value is -3.06. The van der Waals surface area contributed by atoms with Crippen molar-refractivity contribution in [2.45, 2.75) is 71.1 Å². The highest BCUT2D eigenvalue weighted by molar-refractivity contribution is 5.83. The normalized spacial score (nSPS) is 25.8. The zero-order valence-electron chi connectivity index (χ0n) is 21.4. The van der Waals surface area contributed by atoms with Gasteiger partial charge < -0.3 is 4.74 Å². The molecule has 0 bridgehead atoms. The van der Waals surface area contributed by atoms with Crippen LogP contribution in [0, 0.1) is 12.3 Å². The summed E-state index contributed by atoms with van der Waals surface area (Å²) in [5.41, 5.74) is 7.99. The summed E-state index contributed by atoms with van der Waals surface area (Å²) in [4.78, 5) is 0. The van der Waals surface area contributed by atoms with E-state index in [2.05, 4.69) is 85.8 Å². The van der Waals surface area contributed by atoms with Gasteiger partial charge in [-0.25, -0.2) is 0 Å². The highest BCUT2D eigenvalue weighted by Crippen LogP contribution is 2.77. The minimum atomic E-state index is -0.0102. The topological polar surface area (TPSA) is 9.23 Å². The number of ether oxygens (including phenoxy) is 1. The third-order valence-electron chi connectivity index (χ3n) is 8.85. The van der Waals surface area contributed by atoms with Crippen LogP contribution >= 0.6 is 0 Å². The highest BCUT2D eigenvalue weighted by atomic mass is 16.5. The van der Waals surface area contributed by atoms with E-state index in [1.165, 1.54) is 54.0 Å². The molecule has 0 saturated heterocycles. The van der Waals surface area contributed by atoms with Crippen molar-refractivity contribution < 1.29 is 4.74 Å². The first kappa shape index (κ1) is 22.4. The molecule has 3 aromatic carbocycles. The van der Waals surface area contributed by atoms with Crippen LogP contribution in [0.2, 0.25) is 0 Å². The van der Waals surface area contributed by atoms with Crippen LogP contribution in [0.25, 0.3) is 10.8 Å². The molecule has 2 atom stereocenters. The van der Waals surface area contributed by atoms with Crippen molar-refractivity contribution in [1.82, 2.24) is 0 Å². The molecule has 1 heteroatoms. The number of hydrogen-bond donors (Lipinski definition) is 0. The average Bonchev–Trinajstić information content (AvgIpc) is 3.59. The summed E-state index contributed by atoms with van der Waals surface area (Å²) in [6.07, 6.45) is 17.9. The molecule has 4 aliphatic carbocycles. The number of aryl methyl sites for hydroxylation is 1. The van der Waals surface area contributed by atoms with Crippen molar-refractivity contribution in [2.75, 3.05) is 0 Å². The van der Waals surface area contributed by atoms with Gasteiger partial charge >= 0.3 is 0 Å². The van der Waals surface area contributed by atoms with Gasteiger partial charge in [0.2, 0.25) is 0 Å². The maximum absolute atomic E-state index is 6.86. The van der Waals surface area contributed by atoms with E-state index in [1.807, 2.05) is 13.8 Å². The maximum Gasteiger partial charge on any atom is 0.127 e. The Morgan fingerprint density at radius 3 is 2.54 bits per heavy atom. The molecule has 1 nitrogen and oxygen atoms in total. The minimum Gasteiger partial charge on any atom is -0.461 e. The van der Waals surface area contributed by atoms with Gasteiger partial charge in [-0.15, -0.1) is 0 Å². The lowest BCUT2D eigenvalue weighted by atomic mass is 9.68. The molecule has 2 saturated carbocycles. The minimum absolute atomic E-state index is 0.0102. The largest absolute Gasteiger partial charge is 0.461 e. The molecular weight excluding hydrogens is 424 g/mol. The highest BCUT2D eigenvalue weighted by Gasteiger charge is 2.73. The molecule has 1 spiro atoms. The van der Waals surface area contributed by atoms with E-state index in [4.69, 9.17) is 4.74 Å². The van der Waals surface area contributed by atoms with E-state index >= 15 is 0 Å². The fraction of sp³-hybridized carbons (Fsp3) is 0.353. The molecule has 0 amide bonds. The van der Waals surface area contributed by atoms with Gasteiger partial charge in [-0.05, 0) is 96.7 Å². The summed E-state index contributed by atoms with van der Waals surface area (Å²) in [5.74, 6) is 2.12. The summed E-state index contributed by atoms with van der Waals surface area (Å²) >= 11 is 0. The second kappa shape index (κ2) is 8.55. The van der Waals surface area contributed by atoms with Crippen LogP contribution in [0.1, 0.15) is 68.2 Å². The van der Waals surface area contributed by atoms with Crippen LogP contribution in [0.5, 0.6) is 5.75 Å². The van der Waals surface area contributed by atoms with Gasteiger partial charge in [-0.3, -0.25) is 0 Å². The van der Waals surface area contributed by atoms with E-state index in [-0.39, 0.29) is 10.8 Å². The van der Waals surface area contributed by atoms with Crippen LogP contribution in [-0.2, 0) is 18.3 Å². The Morgan fingerprint density at radius 1 is 0.829 bits per heavy atom. The van der Waals surface area contributed by atoms with Crippen LogP contribution in [0.15, 0.2) is 90.2 Å². The van der Waals surface area contributed by atoms with E-state index in [9.17, 15) is 0 Å². The fourth-order valence-electron chi connectivity index (χ4n) is 7.29. The number of hydrogen-bond acceptors (Lipinski definition) is 1. The lowest BCUT2D eigenvalue weighted by molar-refractivity contribution is 0.310. The smallest absolute Gasteiger partial charge is 0.127 e. The van der Waals surface area contributed by atoms with Crippen molar-refractivity contribution in [3.63, 3.8) is 0 Å². The molecule has 178 valence electrons. The van der Waals surface area contributed by atoms with Crippen LogP contribution < -0.4 is 4.74 Å². The summed E-state index contributed by atoms with van der Waals surface area (Å²) < 4.78 is 6.86. The van der Waals surface area contributed by atoms with Crippen LogP contribution in [0.3, 0.4) is 0 Å². The zero-order chi connectivity index (χ0) is 24.0. The van der Waals surface area contributed by atoms with Gasteiger partial charge in [0, 0.05) is 5.41 Å². The van der Waals surface area contributed by atoms with E-state index in [0.29, 0.717) is 0 Å². The van der Waals surface area contributed by atoms with Gasteiger partial charge in [0.05, 0.1) is 5.41 Å². The summed E-state index contributed by atoms with van der Waals surface area (Å²) in [6.45, 7) is 6.32. The molecule has 0 aliphatic heterocycles. The first-order valence-corrected chi connectivity index (χ1v) is 13.6. The zero-order valence-corrected chi connectivity index (χ0v) is 21.4. The predicted molar refractivity (Wildman–Crippen MR) is 147 cm³/mol. The molecular formula is C34H36O. The van der Waals surface area contributed by atoms with E-state index in [0.717, 1.165) is 24.4 Å². The molecule has 7 rings (SSSR count). The first-order chi connectivity index (χ1) is 17.2. The molecule has 0 heterocycles. The first-order valence-electron chi connectivity index (χ1n) is 13.6.